The summed E-state index contributed by atoms with van der Waals surface area (Å²) in [5.74, 6) is 2.20. The first-order valence-corrected chi connectivity index (χ1v) is 9.72. The van der Waals surface area contributed by atoms with Crippen LogP contribution in [-0.2, 0) is 4.79 Å². The van der Waals surface area contributed by atoms with Gasteiger partial charge in [-0.25, -0.2) is 0 Å². The second-order valence-corrected chi connectivity index (χ2v) is 8.18. The molecular formula is C18H24N2O2S. The molecule has 0 radical (unpaired) electrons. The number of carbonyl (C=O) groups is 2. The molecule has 4 rings (SSSR count). The molecule has 0 N–H and O–H groups in total. The molecular weight excluding hydrogens is 308 g/mol. The van der Waals surface area contributed by atoms with Crippen molar-refractivity contribution in [3.8, 4) is 0 Å². The summed E-state index contributed by atoms with van der Waals surface area (Å²) in [7, 11) is 0. The van der Waals surface area contributed by atoms with Crippen LogP contribution < -0.4 is 0 Å². The second-order valence-electron chi connectivity index (χ2n) is 7.23. The van der Waals surface area contributed by atoms with Gasteiger partial charge in [0.1, 0.15) is 0 Å². The van der Waals surface area contributed by atoms with Gasteiger partial charge in [0.2, 0.25) is 5.91 Å². The molecule has 3 atom stereocenters. The summed E-state index contributed by atoms with van der Waals surface area (Å²) >= 11 is 1.50. The van der Waals surface area contributed by atoms with Gasteiger partial charge in [0.05, 0.1) is 4.88 Å². The summed E-state index contributed by atoms with van der Waals surface area (Å²) in [6.07, 6.45) is 5.85. The Morgan fingerprint density at radius 1 is 1.04 bits per heavy atom. The van der Waals surface area contributed by atoms with Crippen LogP contribution in [-0.4, -0.2) is 47.8 Å². The Morgan fingerprint density at radius 2 is 1.87 bits per heavy atom. The van der Waals surface area contributed by atoms with Crippen LogP contribution >= 0.6 is 11.3 Å². The van der Waals surface area contributed by atoms with Crippen molar-refractivity contribution in [1.29, 1.82) is 0 Å². The van der Waals surface area contributed by atoms with Crippen LogP contribution in [0, 0.1) is 17.8 Å². The van der Waals surface area contributed by atoms with E-state index in [4.69, 9.17) is 0 Å². The highest BCUT2D eigenvalue weighted by molar-refractivity contribution is 7.12. The summed E-state index contributed by atoms with van der Waals surface area (Å²) in [5, 5.41) is 1.94. The summed E-state index contributed by atoms with van der Waals surface area (Å²) in [4.78, 5) is 30.1. The molecule has 23 heavy (non-hydrogen) atoms. The zero-order chi connectivity index (χ0) is 15.8. The van der Waals surface area contributed by atoms with Gasteiger partial charge in [-0.2, -0.15) is 0 Å². The molecule has 3 fully saturated rings. The van der Waals surface area contributed by atoms with Gasteiger partial charge in [0.15, 0.2) is 0 Å². The van der Waals surface area contributed by atoms with Crippen molar-refractivity contribution in [3.63, 3.8) is 0 Å². The van der Waals surface area contributed by atoms with Gasteiger partial charge in [0, 0.05) is 32.1 Å². The van der Waals surface area contributed by atoms with Gasteiger partial charge in [-0.1, -0.05) is 12.5 Å². The fourth-order valence-electron chi connectivity index (χ4n) is 4.68. The monoisotopic (exact) mass is 332 g/mol. The molecule has 1 aliphatic heterocycles. The standard InChI is InChI=1S/C18H24N2O2S/c21-17(15-12-13-4-5-14(15)11-13)19-6-2-7-20(9-8-19)18(22)16-3-1-10-23-16/h1,3,10,13-15H,2,4-9,11-12H2/t13-,14-,15+/m0/s1. The number of hydrogen-bond acceptors (Lipinski definition) is 3. The van der Waals surface area contributed by atoms with Gasteiger partial charge in [0.25, 0.3) is 5.91 Å². The van der Waals surface area contributed by atoms with Gasteiger partial charge in [-0.3, -0.25) is 9.59 Å². The fourth-order valence-corrected chi connectivity index (χ4v) is 5.37. The predicted molar refractivity (Wildman–Crippen MR) is 90.4 cm³/mol. The number of carbonyl (C=O) groups excluding carboxylic acids is 2. The van der Waals surface area contributed by atoms with Gasteiger partial charge < -0.3 is 9.80 Å². The number of thiophene rings is 1. The Morgan fingerprint density at radius 3 is 2.57 bits per heavy atom. The lowest BCUT2D eigenvalue weighted by Crippen LogP contribution is -2.41. The van der Waals surface area contributed by atoms with Crippen LogP contribution in [0.1, 0.15) is 41.8 Å². The molecule has 2 amide bonds. The Hall–Kier alpha value is -1.36. The Labute approximate surface area is 141 Å². The molecule has 1 saturated heterocycles. The quantitative estimate of drug-likeness (QED) is 0.835. The summed E-state index contributed by atoms with van der Waals surface area (Å²) in [6, 6.07) is 3.80. The highest BCUT2D eigenvalue weighted by atomic mass is 32.1. The van der Waals surface area contributed by atoms with E-state index in [0.29, 0.717) is 24.9 Å². The summed E-state index contributed by atoms with van der Waals surface area (Å²) in [5.41, 5.74) is 0. The molecule has 2 aliphatic carbocycles. The van der Waals surface area contributed by atoms with Crippen molar-refractivity contribution in [2.24, 2.45) is 17.8 Å². The molecule has 2 saturated carbocycles. The molecule has 0 aromatic carbocycles. The first-order chi connectivity index (χ1) is 11.2. The molecule has 3 aliphatic rings. The summed E-state index contributed by atoms with van der Waals surface area (Å²) in [6.45, 7) is 2.94. The highest BCUT2D eigenvalue weighted by Gasteiger charge is 2.44. The maximum Gasteiger partial charge on any atom is 0.263 e. The minimum Gasteiger partial charge on any atom is -0.341 e. The van der Waals surface area contributed by atoms with Crippen molar-refractivity contribution < 1.29 is 9.59 Å². The van der Waals surface area contributed by atoms with Crippen molar-refractivity contribution in [3.05, 3.63) is 22.4 Å². The van der Waals surface area contributed by atoms with E-state index in [1.165, 1.54) is 30.6 Å². The maximum absolute atomic E-state index is 12.9. The average Bonchev–Trinajstić information content (AvgIpc) is 3.28. The highest BCUT2D eigenvalue weighted by Crippen LogP contribution is 2.48. The van der Waals surface area contributed by atoms with Crippen LogP contribution in [0.5, 0.6) is 0 Å². The van der Waals surface area contributed by atoms with E-state index in [-0.39, 0.29) is 11.8 Å². The zero-order valence-electron chi connectivity index (χ0n) is 13.4. The predicted octanol–water partition coefficient (Wildman–Crippen LogP) is 2.86. The number of rotatable bonds is 2. The van der Waals surface area contributed by atoms with E-state index < -0.39 is 0 Å². The molecule has 1 aromatic heterocycles. The van der Waals surface area contributed by atoms with Crippen molar-refractivity contribution in [2.75, 3.05) is 26.2 Å². The fraction of sp³-hybridized carbons (Fsp3) is 0.667. The van der Waals surface area contributed by atoms with Crippen LogP contribution in [0.25, 0.3) is 0 Å². The van der Waals surface area contributed by atoms with Gasteiger partial charge in [-0.15, -0.1) is 11.3 Å². The number of hydrogen-bond donors (Lipinski definition) is 0. The first kappa shape index (κ1) is 15.2. The number of fused-ring (bicyclic) bond motifs is 2. The molecule has 0 spiro atoms. The van der Waals surface area contributed by atoms with Crippen LogP contribution in [0.3, 0.4) is 0 Å². The largest absolute Gasteiger partial charge is 0.341 e. The lowest BCUT2D eigenvalue weighted by Gasteiger charge is -2.28. The van der Waals surface area contributed by atoms with E-state index >= 15 is 0 Å². The molecule has 0 unspecified atom stereocenters. The lowest BCUT2D eigenvalue weighted by molar-refractivity contribution is -0.137. The van der Waals surface area contributed by atoms with Crippen molar-refractivity contribution >= 4 is 23.2 Å². The average molecular weight is 332 g/mol. The minimum atomic E-state index is 0.120. The molecule has 2 bridgehead atoms. The molecule has 124 valence electrons. The normalized spacial score (nSPS) is 30.5. The Bertz CT molecular complexity index is 586. The minimum absolute atomic E-state index is 0.120. The van der Waals surface area contributed by atoms with E-state index in [1.807, 2.05) is 27.3 Å². The number of nitrogens with zero attached hydrogens (tertiary/aromatic N) is 2. The van der Waals surface area contributed by atoms with Crippen molar-refractivity contribution in [1.82, 2.24) is 9.80 Å². The first-order valence-electron chi connectivity index (χ1n) is 8.84. The maximum atomic E-state index is 12.9. The lowest BCUT2D eigenvalue weighted by atomic mass is 9.87. The van der Waals surface area contributed by atoms with Crippen molar-refractivity contribution in [2.45, 2.75) is 32.1 Å². The van der Waals surface area contributed by atoms with Gasteiger partial charge >= 0.3 is 0 Å². The molecule has 2 heterocycles. The van der Waals surface area contributed by atoms with E-state index in [2.05, 4.69) is 0 Å². The third kappa shape index (κ3) is 2.91. The summed E-state index contributed by atoms with van der Waals surface area (Å²) < 4.78 is 0. The Kier molecular flexibility index (Phi) is 4.14. The van der Waals surface area contributed by atoms with E-state index in [1.54, 1.807) is 0 Å². The third-order valence-electron chi connectivity index (χ3n) is 5.88. The zero-order valence-corrected chi connectivity index (χ0v) is 14.3. The topological polar surface area (TPSA) is 40.6 Å². The third-order valence-corrected chi connectivity index (χ3v) is 6.74. The number of amides is 2. The van der Waals surface area contributed by atoms with E-state index in [9.17, 15) is 9.59 Å². The SMILES string of the molecule is O=C(c1cccs1)N1CCCN(C(=O)[C@@H]2C[C@H]3CC[C@H]2C3)CC1. The van der Waals surface area contributed by atoms with Gasteiger partial charge in [-0.05, 0) is 49.0 Å². The molecule has 4 nitrogen and oxygen atoms in total. The molecule has 5 heteroatoms. The smallest absolute Gasteiger partial charge is 0.263 e. The molecule has 1 aromatic rings. The van der Waals surface area contributed by atoms with Crippen LogP contribution in [0.4, 0.5) is 0 Å². The Balaban J connectivity index is 1.37. The van der Waals surface area contributed by atoms with Crippen LogP contribution in [0.15, 0.2) is 17.5 Å². The van der Waals surface area contributed by atoms with E-state index in [0.717, 1.165) is 36.7 Å². The second kappa shape index (κ2) is 6.27. The van der Waals surface area contributed by atoms with Crippen LogP contribution in [0.2, 0.25) is 0 Å².